The average molecular weight is 306 g/mol. The Morgan fingerprint density at radius 1 is 1.48 bits per heavy atom. The molecule has 2 rings (SSSR count). The summed E-state index contributed by atoms with van der Waals surface area (Å²) in [5.41, 5.74) is 0.119. The first kappa shape index (κ1) is 15.0. The number of hydrogen-bond acceptors (Lipinski definition) is 5. The van der Waals surface area contributed by atoms with Crippen LogP contribution in [-0.2, 0) is 6.42 Å². The molecule has 7 heteroatoms. The molecule has 0 aliphatic heterocycles. The molecule has 1 aromatic carbocycles. The molecule has 0 fully saturated rings. The van der Waals surface area contributed by atoms with Crippen LogP contribution in [-0.4, -0.2) is 22.0 Å². The summed E-state index contributed by atoms with van der Waals surface area (Å²) in [6.45, 7) is 1.90. The molecule has 0 spiro atoms. The maximum absolute atomic E-state index is 11.0. The summed E-state index contributed by atoms with van der Waals surface area (Å²) in [7, 11) is 0. The predicted octanol–water partition coefficient (Wildman–Crippen LogP) is 3.40. The molecule has 0 radical (unpaired) electrons. The van der Waals surface area contributed by atoms with Gasteiger partial charge in [-0.2, -0.15) is 0 Å². The van der Waals surface area contributed by atoms with Gasteiger partial charge in [0, 0.05) is 23.4 Å². The lowest BCUT2D eigenvalue weighted by Gasteiger charge is -2.15. The Bertz CT molecular complexity index is 655. The lowest BCUT2D eigenvalue weighted by molar-refractivity contribution is -0.384. The van der Waals surface area contributed by atoms with Crippen molar-refractivity contribution in [1.82, 2.24) is 0 Å². The Balaban J connectivity index is 2.21. The number of nitrogens with zero attached hydrogens (tertiary/aromatic N) is 1. The molecule has 1 unspecified atom stereocenters. The summed E-state index contributed by atoms with van der Waals surface area (Å²) in [5, 5.41) is 25.0. The molecule has 0 amide bonds. The third-order valence-electron chi connectivity index (χ3n) is 2.93. The lowest BCUT2D eigenvalue weighted by atomic mass is 10.1. The molecule has 0 aliphatic carbocycles. The van der Waals surface area contributed by atoms with Gasteiger partial charge in [0.25, 0.3) is 5.69 Å². The van der Waals surface area contributed by atoms with Crippen molar-refractivity contribution in [2.24, 2.45) is 0 Å². The maximum Gasteiger partial charge on any atom is 0.335 e. The van der Waals surface area contributed by atoms with Gasteiger partial charge in [0.15, 0.2) is 0 Å². The number of nitro groups is 1. The van der Waals surface area contributed by atoms with E-state index in [1.807, 2.05) is 24.4 Å². The minimum absolute atomic E-state index is 0.0198. The van der Waals surface area contributed by atoms with Gasteiger partial charge in [-0.25, -0.2) is 4.79 Å². The quantitative estimate of drug-likeness (QED) is 0.630. The average Bonchev–Trinajstić information content (AvgIpc) is 2.90. The largest absolute Gasteiger partial charge is 0.478 e. The molecular weight excluding hydrogens is 292 g/mol. The van der Waals surface area contributed by atoms with Crippen LogP contribution in [0.5, 0.6) is 0 Å². The number of carboxylic acids is 1. The standard InChI is InChI=1S/C14H14N2O4S/c1-9(7-11-3-2-6-21-11)15-12-8-10(14(17)18)4-5-13(12)16(19)20/h2-6,8-9,15H,7H2,1H3,(H,17,18). The van der Waals surface area contributed by atoms with Gasteiger partial charge >= 0.3 is 5.97 Å². The fourth-order valence-corrected chi connectivity index (χ4v) is 2.83. The van der Waals surface area contributed by atoms with Crippen molar-refractivity contribution in [3.8, 4) is 0 Å². The topological polar surface area (TPSA) is 92.5 Å². The van der Waals surface area contributed by atoms with Crippen LogP contribution in [0, 0.1) is 10.1 Å². The number of aromatic carboxylic acids is 1. The smallest absolute Gasteiger partial charge is 0.335 e. The van der Waals surface area contributed by atoms with Crippen LogP contribution in [0.2, 0.25) is 0 Å². The second kappa shape index (κ2) is 6.36. The number of carbonyl (C=O) groups is 1. The van der Waals surface area contributed by atoms with E-state index in [4.69, 9.17) is 5.11 Å². The predicted molar refractivity (Wildman–Crippen MR) is 81.2 cm³/mol. The first-order chi connectivity index (χ1) is 9.97. The molecule has 6 nitrogen and oxygen atoms in total. The van der Waals surface area contributed by atoms with E-state index >= 15 is 0 Å². The van der Waals surface area contributed by atoms with Gasteiger partial charge < -0.3 is 10.4 Å². The van der Waals surface area contributed by atoms with Crippen LogP contribution >= 0.6 is 11.3 Å². The van der Waals surface area contributed by atoms with E-state index in [9.17, 15) is 14.9 Å². The molecule has 2 aromatic rings. The Morgan fingerprint density at radius 3 is 2.81 bits per heavy atom. The fourth-order valence-electron chi connectivity index (χ4n) is 1.99. The Morgan fingerprint density at radius 2 is 2.24 bits per heavy atom. The number of anilines is 1. The van der Waals surface area contributed by atoms with Crippen molar-refractivity contribution in [2.75, 3.05) is 5.32 Å². The van der Waals surface area contributed by atoms with Gasteiger partial charge in [-0.3, -0.25) is 10.1 Å². The van der Waals surface area contributed by atoms with Crippen LogP contribution in [0.4, 0.5) is 11.4 Å². The molecule has 1 heterocycles. The van der Waals surface area contributed by atoms with Gasteiger partial charge in [-0.05, 0) is 30.5 Å². The number of nitrogens with one attached hydrogen (secondary N) is 1. The van der Waals surface area contributed by atoms with Crippen molar-refractivity contribution < 1.29 is 14.8 Å². The summed E-state index contributed by atoms with van der Waals surface area (Å²) in [5.74, 6) is -1.11. The molecule has 1 aromatic heterocycles. The molecule has 21 heavy (non-hydrogen) atoms. The number of rotatable bonds is 6. The molecule has 0 saturated carbocycles. The molecule has 2 N–H and O–H groups in total. The number of nitro benzene ring substituents is 1. The van der Waals surface area contributed by atoms with Crippen molar-refractivity contribution in [3.63, 3.8) is 0 Å². The van der Waals surface area contributed by atoms with Crippen molar-refractivity contribution >= 4 is 28.7 Å². The number of benzene rings is 1. The minimum atomic E-state index is -1.11. The lowest BCUT2D eigenvalue weighted by Crippen LogP contribution is -2.18. The van der Waals surface area contributed by atoms with E-state index < -0.39 is 10.9 Å². The zero-order valence-corrected chi connectivity index (χ0v) is 12.1. The summed E-state index contributed by atoms with van der Waals surface area (Å²) in [6.07, 6.45) is 0.714. The van der Waals surface area contributed by atoms with E-state index in [1.165, 1.54) is 18.2 Å². The second-order valence-corrected chi connectivity index (χ2v) is 5.66. The van der Waals surface area contributed by atoms with Gasteiger partial charge in [0.2, 0.25) is 0 Å². The van der Waals surface area contributed by atoms with E-state index in [0.717, 1.165) is 4.88 Å². The third kappa shape index (κ3) is 3.79. The van der Waals surface area contributed by atoms with Gasteiger partial charge in [0.1, 0.15) is 5.69 Å². The Hall–Kier alpha value is -2.41. The highest BCUT2D eigenvalue weighted by Gasteiger charge is 2.18. The molecule has 0 bridgehead atoms. The molecular formula is C14H14N2O4S. The van der Waals surface area contributed by atoms with Gasteiger partial charge in [-0.15, -0.1) is 11.3 Å². The highest BCUT2D eigenvalue weighted by Crippen LogP contribution is 2.27. The number of carboxylic acid groups (broad SMARTS) is 1. The van der Waals surface area contributed by atoms with Crippen LogP contribution in [0.25, 0.3) is 0 Å². The summed E-state index contributed by atoms with van der Waals surface area (Å²) in [4.78, 5) is 22.6. The van der Waals surface area contributed by atoms with Crippen molar-refractivity contribution in [2.45, 2.75) is 19.4 Å². The zero-order chi connectivity index (χ0) is 15.4. The molecule has 0 aliphatic rings. The van der Waals surface area contributed by atoms with Crippen LogP contribution < -0.4 is 5.32 Å². The highest BCUT2D eigenvalue weighted by molar-refractivity contribution is 7.09. The number of thiophene rings is 1. The minimum Gasteiger partial charge on any atom is -0.478 e. The molecule has 0 saturated heterocycles. The Labute approximate surface area is 125 Å². The number of hydrogen-bond donors (Lipinski definition) is 2. The fraction of sp³-hybridized carbons (Fsp3) is 0.214. The van der Waals surface area contributed by atoms with Crippen LogP contribution in [0.3, 0.4) is 0 Å². The van der Waals surface area contributed by atoms with E-state index in [0.29, 0.717) is 6.42 Å². The Kier molecular flexibility index (Phi) is 4.54. The SMILES string of the molecule is CC(Cc1cccs1)Nc1cc(C(=O)O)ccc1[N+](=O)[O-]. The molecule has 110 valence electrons. The summed E-state index contributed by atoms with van der Waals surface area (Å²) < 4.78 is 0. The van der Waals surface area contributed by atoms with Crippen molar-refractivity contribution in [1.29, 1.82) is 0 Å². The normalized spacial score (nSPS) is 11.9. The van der Waals surface area contributed by atoms with Gasteiger partial charge in [-0.1, -0.05) is 6.07 Å². The van der Waals surface area contributed by atoms with E-state index in [1.54, 1.807) is 11.3 Å². The van der Waals surface area contributed by atoms with E-state index in [-0.39, 0.29) is 23.0 Å². The maximum atomic E-state index is 11.0. The zero-order valence-electron chi connectivity index (χ0n) is 11.3. The van der Waals surface area contributed by atoms with Crippen LogP contribution in [0.1, 0.15) is 22.2 Å². The summed E-state index contributed by atoms with van der Waals surface area (Å²) >= 11 is 1.61. The first-order valence-corrected chi connectivity index (χ1v) is 7.16. The van der Waals surface area contributed by atoms with Crippen LogP contribution in [0.15, 0.2) is 35.7 Å². The third-order valence-corrected chi connectivity index (χ3v) is 3.83. The molecule has 1 atom stereocenters. The van der Waals surface area contributed by atoms with Crippen molar-refractivity contribution in [3.05, 3.63) is 56.3 Å². The summed E-state index contributed by atoms with van der Waals surface area (Å²) in [6, 6.07) is 7.63. The first-order valence-electron chi connectivity index (χ1n) is 6.28. The van der Waals surface area contributed by atoms with E-state index in [2.05, 4.69) is 5.32 Å². The monoisotopic (exact) mass is 306 g/mol. The highest BCUT2D eigenvalue weighted by atomic mass is 32.1. The second-order valence-electron chi connectivity index (χ2n) is 4.62. The van der Waals surface area contributed by atoms with Gasteiger partial charge in [0.05, 0.1) is 10.5 Å².